The van der Waals surface area contributed by atoms with Gasteiger partial charge in [-0.2, -0.15) is 0 Å². The van der Waals surface area contributed by atoms with Gasteiger partial charge < -0.3 is 29.5 Å². The van der Waals surface area contributed by atoms with Crippen molar-refractivity contribution in [1.82, 2.24) is 0 Å². The quantitative estimate of drug-likeness (QED) is 0.779. The molecule has 4 atom stereocenters. The van der Waals surface area contributed by atoms with Crippen LogP contribution >= 0.6 is 0 Å². The molecule has 124 valence electrons. The van der Waals surface area contributed by atoms with Gasteiger partial charge in [0.25, 0.3) is 0 Å². The van der Waals surface area contributed by atoms with Gasteiger partial charge in [-0.15, -0.1) is 0 Å². The molecule has 1 aliphatic rings. The minimum Gasteiger partial charge on any atom is -0.496 e. The van der Waals surface area contributed by atoms with Crippen molar-refractivity contribution in [3.63, 3.8) is 0 Å². The van der Waals surface area contributed by atoms with Gasteiger partial charge in [0.2, 0.25) is 0 Å². The first-order chi connectivity index (χ1) is 11.1. The minimum atomic E-state index is -1.14. The molecule has 1 aliphatic heterocycles. The highest BCUT2D eigenvalue weighted by Crippen LogP contribution is 2.42. The molecule has 0 aromatic heterocycles. The van der Waals surface area contributed by atoms with Gasteiger partial charge in [-0.3, -0.25) is 0 Å². The summed E-state index contributed by atoms with van der Waals surface area (Å²) in [5.74, 6) is 1.29. The normalized spacial score (nSPS) is 27.3. The zero-order valence-corrected chi connectivity index (χ0v) is 13.0. The first-order valence-corrected chi connectivity index (χ1v) is 7.38. The molecule has 3 rings (SSSR count). The average Bonchev–Trinajstić information content (AvgIpc) is 2.88. The molecular formula is C17H20O6. The zero-order valence-electron chi connectivity index (χ0n) is 13.0. The lowest BCUT2D eigenvalue weighted by Crippen LogP contribution is -2.32. The van der Waals surface area contributed by atoms with Crippen LogP contribution in [0.25, 0.3) is 10.8 Å². The third-order valence-corrected chi connectivity index (χ3v) is 4.28. The summed E-state index contributed by atoms with van der Waals surface area (Å²) in [6, 6.07) is 9.12. The lowest BCUT2D eigenvalue weighted by molar-refractivity contribution is -0.0223. The molecule has 0 radical (unpaired) electrons. The summed E-state index contributed by atoms with van der Waals surface area (Å²) in [6.07, 6.45) is -3.85. The number of rotatable bonds is 4. The van der Waals surface area contributed by atoms with Crippen LogP contribution in [0.5, 0.6) is 11.5 Å². The first-order valence-electron chi connectivity index (χ1n) is 7.38. The summed E-state index contributed by atoms with van der Waals surface area (Å²) < 4.78 is 16.5. The molecule has 0 bridgehead atoms. The van der Waals surface area contributed by atoms with Gasteiger partial charge in [-0.25, -0.2) is 0 Å². The molecule has 0 aliphatic carbocycles. The molecule has 6 nitrogen and oxygen atoms in total. The summed E-state index contributed by atoms with van der Waals surface area (Å²) >= 11 is 0. The SMILES string of the molecule is COc1ccc([C@H]2O[C@H](CO)[C@@H](O)[C@H]2O)c2c(OC)cccc12. The number of ether oxygens (including phenoxy) is 3. The third kappa shape index (κ3) is 2.53. The molecule has 1 fully saturated rings. The molecule has 1 heterocycles. The Balaban J connectivity index is 2.18. The van der Waals surface area contributed by atoms with Crippen molar-refractivity contribution in [1.29, 1.82) is 0 Å². The van der Waals surface area contributed by atoms with E-state index in [4.69, 9.17) is 14.2 Å². The van der Waals surface area contributed by atoms with E-state index in [2.05, 4.69) is 0 Å². The Kier molecular flexibility index (Phi) is 4.41. The summed E-state index contributed by atoms with van der Waals surface area (Å²) in [4.78, 5) is 0. The number of fused-ring (bicyclic) bond motifs is 1. The summed E-state index contributed by atoms with van der Waals surface area (Å²) in [7, 11) is 3.15. The molecule has 2 aromatic carbocycles. The number of hydrogen-bond acceptors (Lipinski definition) is 6. The Morgan fingerprint density at radius 1 is 1.00 bits per heavy atom. The Morgan fingerprint density at radius 2 is 1.74 bits per heavy atom. The van der Waals surface area contributed by atoms with Crippen LogP contribution in [-0.2, 0) is 4.74 Å². The van der Waals surface area contributed by atoms with Crippen molar-refractivity contribution < 1.29 is 29.5 Å². The fourth-order valence-corrected chi connectivity index (χ4v) is 3.11. The fourth-order valence-electron chi connectivity index (χ4n) is 3.11. The molecule has 0 saturated carbocycles. The number of aliphatic hydroxyl groups excluding tert-OH is 3. The minimum absolute atomic E-state index is 0.361. The van der Waals surface area contributed by atoms with Crippen molar-refractivity contribution in [2.75, 3.05) is 20.8 Å². The summed E-state index contributed by atoms with van der Waals surface area (Å²) in [5, 5.41) is 31.2. The van der Waals surface area contributed by atoms with Crippen LogP contribution < -0.4 is 9.47 Å². The van der Waals surface area contributed by atoms with Crippen LogP contribution in [0.2, 0.25) is 0 Å². The number of hydrogen-bond donors (Lipinski definition) is 3. The van der Waals surface area contributed by atoms with Gasteiger partial charge in [-0.1, -0.05) is 18.2 Å². The zero-order chi connectivity index (χ0) is 16.6. The van der Waals surface area contributed by atoms with Gasteiger partial charge in [0.1, 0.15) is 35.9 Å². The standard InChI is InChI=1S/C17H20O6/c1-21-11-7-6-10(14-9(11)4-3-5-12(14)22-2)17-16(20)15(19)13(8-18)23-17/h3-7,13,15-20H,8H2,1-2H3/t13-,15-,16-,17-/m1/s1. The van der Waals surface area contributed by atoms with Crippen molar-refractivity contribution in [3.05, 3.63) is 35.9 Å². The smallest absolute Gasteiger partial charge is 0.127 e. The molecular weight excluding hydrogens is 300 g/mol. The molecule has 0 unspecified atom stereocenters. The maximum atomic E-state index is 10.3. The van der Waals surface area contributed by atoms with Gasteiger partial charge in [0.05, 0.1) is 20.8 Å². The van der Waals surface area contributed by atoms with Crippen LogP contribution in [0.1, 0.15) is 11.7 Å². The molecule has 3 N–H and O–H groups in total. The predicted molar refractivity (Wildman–Crippen MR) is 83.8 cm³/mol. The van der Waals surface area contributed by atoms with Crippen molar-refractivity contribution in [2.45, 2.75) is 24.4 Å². The van der Waals surface area contributed by atoms with Gasteiger partial charge in [0, 0.05) is 10.8 Å². The van der Waals surface area contributed by atoms with Crippen molar-refractivity contribution >= 4 is 10.8 Å². The van der Waals surface area contributed by atoms with E-state index in [1.165, 1.54) is 0 Å². The maximum absolute atomic E-state index is 10.3. The van der Waals surface area contributed by atoms with E-state index in [0.717, 1.165) is 10.8 Å². The Morgan fingerprint density at radius 3 is 2.35 bits per heavy atom. The number of methoxy groups -OCH3 is 2. The van der Waals surface area contributed by atoms with E-state index in [1.807, 2.05) is 18.2 Å². The topological polar surface area (TPSA) is 88.4 Å². The highest BCUT2D eigenvalue weighted by molar-refractivity contribution is 5.96. The highest BCUT2D eigenvalue weighted by Gasteiger charge is 2.43. The average molecular weight is 320 g/mol. The molecule has 23 heavy (non-hydrogen) atoms. The van der Waals surface area contributed by atoms with Gasteiger partial charge in [-0.05, 0) is 17.7 Å². The Hall–Kier alpha value is -1.86. The van der Waals surface area contributed by atoms with Crippen LogP contribution in [0.15, 0.2) is 30.3 Å². The van der Waals surface area contributed by atoms with Crippen molar-refractivity contribution in [3.8, 4) is 11.5 Å². The molecule has 6 heteroatoms. The van der Waals surface area contributed by atoms with Crippen LogP contribution in [0, 0.1) is 0 Å². The number of aliphatic hydroxyl groups is 3. The van der Waals surface area contributed by atoms with E-state index in [-0.39, 0.29) is 6.61 Å². The summed E-state index contributed by atoms with van der Waals surface area (Å²) in [6.45, 7) is -0.361. The lowest BCUT2D eigenvalue weighted by atomic mass is 9.95. The van der Waals surface area contributed by atoms with E-state index < -0.39 is 24.4 Å². The van der Waals surface area contributed by atoms with Crippen LogP contribution in [0.4, 0.5) is 0 Å². The Labute approximate surface area is 133 Å². The molecule has 0 amide bonds. The highest BCUT2D eigenvalue weighted by atomic mass is 16.6. The lowest BCUT2D eigenvalue weighted by Gasteiger charge is -2.20. The number of benzene rings is 2. The Bertz CT molecular complexity index is 701. The molecule has 2 aromatic rings. The first kappa shape index (κ1) is 16.0. The van der Waals surface area contributed by atoms with Crippen molar-refractivity contribution in [2.24, 2.45) is 0 Å². The summed E-state index contributed by atoms with van der Waals surface area (Å²) in [5.41, 5.74) is 0.681. The van der Waals surface area contributed by atoms with E-state index in [0.29, 0.717) is 17.1 Å². The largest absolute Gasteiger partial charge is 0.496 e. The van der Waals surface area contributed by atoms with E-state index in [1.54, 1.807) is 26.4 Å². The van der Waals surface area contributed by atoms with Crippen LogP contribution in [-0.4, -0.2) is 54.5 Å². The second-order valence-electron chi connectivity index (χ2n) is 5.50. The second-order valence-corrected chi connectivity index (χ2v) is 5.50. The molecule has 0 spiro atoms. The third-order valence-electron chi connectivity index (χ3n) is 4.28. The maximum Gasteiger partial charge on any atom is 0.127 e. The van der Waals surface area contributed by atoms with Gasteiger partial charge >= 0.3 is 0 Å². The van der Waals surface area contributed by atoms with E-state index in [9.17, 15) is 15.3 Å². The van der Waals surface area contributed by atoms with Gasteiger partial charge in [0.15, 0.2) is 0 Å². The predicted octanol–water partition coefficient (Wildman–Crippen LogP) is 1.01. The molecule has 1 saturated heterocycles. The second kappa shape index (κ2) is 6.33. The monoisotopic (exact) mass is 320 g/mol. The van der Waals surface area contributed by atoms with Crippen LogP contribution in [0.3, 0.4) is 0 Å². The fraction of sp³-hybridized carbons (Fsp3) is 0.412. The van der Waals surface area contributed by atoms with E-state index >= 15 is 0 Å².